The van der Waals surface area contributed by atoms with Gasteiger partial charge in [-0.1, -0.05) is 11.6 Å². The van der Waals surface area contributed by atoms with Gasteiger partial charge in [-0.05, 0) is 31.5 Å². The normalized spacial score (nSPS) is 20.6. The molecule has 1 heterocycles. The van der Waals surface area contributed by atoms with Crippen molar-refractivity contribution in [2.45, 2.75) is 18.9 Å². The van der Waals surface area contributed by atoms with Crippen molar-refractivity contribution >= 4 is 11.6 Å². The summed E-state index contributed by atoms with van der Waals surface area (Å²) in [6, 6.07) is 3.21. The minimum atomic E-state index is -0.395. The second-order valence-corrected chi connectivity index (χ2v) is 4.10. The fourth-order valence-corrected chi connectivity index (χ4v) is 2.22. The van der Waals surface area contributed by atoms with E-state index in [1.807, 2.05) is 0 Å². The van der Waals surface area contributed by atoms with Gasteiger partial charge in [0.2, 0.25) is 0 Å². The maximum absolute atomic E-state index is 13.5. The summed E-state index contributed by atoms with van der Waals surface area (Å²) in [5.74, 6) is -0.0903. The van der Waals surface area contributed by atoms with Crippen molar-refractivity contribution in [3.8, 4) is 5.75 Å². The molecule has 1 fully saturated rings. The van der Waals surface area contributed by atoms with Crippen LogP contribution in [0, 0.1) is 5.82 Å². The van der Waals surface area contributed by atoms with Crippen LogP contribution in [0.15, 0.2) is 12.1 Å². The van der Waals surface area contributed by atoms with Crippen LogP contribution in [-0.4, -0.2) is 13.7 Å². The highest BCUT2D eigenvalue weighted by Crippen LogP contribution is 2.34. The number of methoxy groups -OCH3 is 1. The van der Waals surface area contributed by atoms with Crippen LogP contribution < -0.4 is 10.1 Å². The molecule has 1 aromatic rings. The van der Waals surface area contributed by atoms with Gasteiger partial charge in [-0.3, -0.25) is 0 Å². The first-order chi connectivity index (χ1) is 7.22. The summed E-state index contributed by atoms with van der Waals surface area (Å²) < 4.78 is 18.6. The van der Waals surface area contributed by atoms with Crippen molar-refractivity contribution in [1.82, 2.24) is 5.32 Å². The zero-order valence-electron chi connectivity index (χ0n) is 8.52. The van der Waals surface area contributed by atoms with Crippen LogP contribution in [0.5, 0.6) is 5.75 Å². The van der Waals surface area contributed by atoms with Crippen molar-refractivity contribution < 1.29 is 9.13 Å². The average Bonchev–Trinajstić information content (AvgIpc) is 2.69. The Kier molecular flexibility index (Phi) is 3.12. The van der Waals surface area contributed by atoms with E-state index >= 15 is 0 Å². The van der Waals surface area contributed by atoms with E-state index in [-0.39, 0.29) is 6.04 Å². The van der Waals surface area contributed by atoms with E-state index in [1.54, 1.807) is 6.07 Å². The van der Waals surface area contributed by atoms with Gasteiger partial charge in [-0.2, -0.15) is 0 Å². The van der Waals surface area contributed by atoms with E-state index in [4.69, 9.17) is 16.3 Å². The van der Waals surface area contributed by atoms with Crippen LogP contribution in [0.2, 0.25) is 5.02 Å². The van der Waals surface area contributed by atoms with E-state index in [0.717, 1.165) is 24.9 Å². The molecule has 0 saturated carbocycles. The molecular weight excluding hydrogens is 217 g/mol. The van der Waals surface area contributed by atoms with E-state index < -0.39 is 5.82 Å². The molecular formula is C11H13ClFNO. The van der Waals surface area contributed by atoms with Gasteiger partial charge in [-0.25, -0.2) is 4.39 Å². The summed E-state index contributed by atoms with van der Waals surface area (Å²) in [5, 5.41) is 3.71. The van der Waals surface area contributed by atoms with Gasteiger partial charge >= 0.3 is 0 Å². The lowest BCUT2D eigenvalue weighted by Crippen LogP contribution is -2.14. The lowest BCUT2D eigenvalue weighted by Gasteiger charge is -2.15. The van der Waals surface area contributed by atoms with Gasteiger partial charge < -0.3 is 10.1 Å². The van der Waals surface area contributed by atoms with Crippen molar-refractivity contribution in [1.29, 1.82) is 0 Å². The second kappa shape index (κ2) is 4.37. The van der Waals surface area contributed by atoms with Gasteiger partial charge in [0.15, 0.2) is 11.6 Å². The van der Waals surface area contributed by atoms with Gasteiger partial charge in [0.1, 0.15) is 0 Å². The van der Waals surface area contributed by atoms with Crippen molar-refractivity contribution in [2.75, 3.05) is 13.7 Å². The molecule has 1 unspecified atom stereocenters. The lowest BCUT2D eigenvalue weighted by molar-refractivity contribution is 0.376. The Morgan fingerprint density at radius 1 is 1.53 bits per heavy atom. The summed E-state index contributed by atoms with van der Waals surface area (Å²) in [6.07, 6.45) is 2.10. The molecule has 0 spiro atoms. The maximum Gasteiger partial charge on any atom is 0.166 e. The SMILES string of the molecule is COc1c(F)cc(Cl)cc1C1CCCN1. The summed E-state index contributed by atoms with van der Waals surface area (Å²) in [4.78, 5) is 0. The number of halogens is 2. The van der Waals surface area contributed by atoms with Crippen LogP contribution in [0.4, 0.5) is 4.39 Å². The number of benzene rings is 1. The third kappa shape index (κ3) is 2.08. The second-order valence-electron chi connectivity index (χ2n) is 3.66. The van der Waals surface area contributed by atoms with Crippen LogP contribution in [0.3, 0.4) is 0 Å². The Morgan fingerprint density at radius 2 is 2.33 bits per heavy atom. The summed E-state index contributed by atoms with van der Waals surface area (Å²) >= 11 is 5.83. The topological polar surface area (TPSA) is 21.3 Å². The third-order valence-electron chi connectivity index (χ3n) is 2.68. The van der Waals surface area contributed by atoms with Gasteiger partial charge in [-0.15, -0.1) is 0 Å². The monoisotopic (exact) mass is 229 g/mol. The fourth-order valence-electron chi connectivity index (χ4n) is 2.00. The molecule has 1 aromatic carbocycles. The fraction of sp³-hybridized carbons (Fsp3) is 0.455. The molecule has 1 atom stereocenters. The predicted molar refractivity (Wildman–Crippen MR) is 57.9 cm³/mol. The standard InChI is InChI=1S/C11H13ClFNO/c1-15-11-8(10-3-2-4-14-10)5-7(12)6-9(11)13/h5-6,10,14H,2-4H2,1H3. The Bertz CT molecular complexity index is 364. The molecule has 0 bridgehead atoms. The van der Waals surface area contributed by atoms with Gasteiger partial charge in [0, 0.05) is 16.6 Å². The summed E-state index contributed by atoms with van der Waals surface area (Å²) in [6.45, 7) is 0.960. The molecule has 1 saturated heterocycles. The minimum Gasteiger partial charge on any atom is -0.493 e. The van der Waals surface area contributed by atoms with E-state index in [9.17, 15) is 4.39 Å². The number of hydrogen-bond acceptors (Lipinski definition) is 2. The van der Waals surface area contributed by atoms with Gasteiger partial charge in [0.25, 0.3) is 0 Å². The van der Waals surface area contributed by atoms with Crippen LogP contribution in [-0.2, 0) is 0 Å². The van der Waals surface area contributed by atoms with E-state index in [1.165, 1.54) is 13.2 Å². The molecule has 0 amide bonds. The quantitative estimate of drug-likeness (QED) is 0.842. The Labute approximate surface area is 93.4 Å². The maximum atomic E-state index is 13.5. The number of hydrogen-bond donors (Lipinski definition) is 1. The van der Waals surface area contributed by atoms with Crippen LogP contribution >= 0.6 is 11.6 Å². The zero-order valence-corrected chi connectivity index (χ0v) is 9.27. The first-order valence-electron chi connectivity index (χ1n) is 4.98. The highest BCUT2D eigenvalue weighted by atomic mass is 35.5. The van der Waals surface area contributed by atoms with Crippen molar-refractivity contribution in [3.05, 3.63) is 28.5 Å². The first kappa shape index (κ1) is 10.7. The predicted octanol–water partition coefficient (Wildman–Crippen LogP) is 2.91. The Hall–Kier alpha value is -0.800. The van der Waals surface area contributed by atoms with Crippen LogP contribution in [0.1, 0.15) is 24.4 Å². The minimum absolute atomic E-state index is 0.160. The molecule has 15 heavy (non-hydrogen) atoms. The number of ether oxygens (including phenoxy) is 1. The van der Waals surface area contributed by atoms with E-state index in [0.29, 0.717) is 10.8 Å². The van der Waals surface area contributed by atoms with E-state index in [2.05, 4.69) is 5.32 Å². The summed E-state index contributed by atoms with van der Waals surface area (Å²) in [7, 11) is 1.48. The molecule has 2 nitrogen and oxygen atoms in total. The van der Waals surface area contributed by atoms with Crippen molar-refractivity contribution in [2.24, 2.45) is 0 Å². The molecule has 82 valence electrons. The smallest absolute Gasteiger partial charge is 0.166 e. The molecule has 1 aliphatic heterocycles. The highest BCUT2D eigenvalue weighted by molar-refractivity contribution is 6.30. The third-order valence-corrected chi connectivity index (χ3v) is 2.90. The Balaban J connectivity index is 2.42. The largest absolute Gasteiger partial charge is 0.493 e. The Morgan fingerprint density at radius 3 is 2.93 bits per heavy atom. The average molecular weight is 230 g/mol. The first-order valence-corrected chi connectivity index (χ1v) is 5.36. The molecule has 4 heteroatoms. The number of nitrogens with one attached hydrogen (secondary N) is 1. The molecule has 0 radical (unpaired) electrons. The number of rotatable bonds is 2. The highest BCUT2D eigenvalue weighted by Gasteiger charge is 2.22. The van der Waals surface area contributed by atoms with Crippen molar-refractivity contribution in [3.63, 3.8) is 0 Å². The van der Waals surface area contributed by atoms with Crippen LogP contribution in [0.25, 0.3) is 0 Å². The lowest BCUT2D eigenvalue weighted by atomic mass is 10.0. The zero-order chi connectivity index (χ0) is 10.8. The molecule has 2 rings (SSSR count). The van der Waals surface area contributed by atoms with Gasteiger partial charge in [0.05, 0.1) is 7.11 Å². The molecule has 1 aliphatic rings. The molecule has 0 aliphatic carbocycles. The summed E-state index contributed by atoms with van der Waals surface area (Å²) in [5.41, 5.74) is 0.819. The molecule has 1 N–H and O–H groups in total. The molecule has 0 aromatic heterocycles.